The molecule has 66 heavy (non-hydrogen) atoms. The number of hydrogen-bond acceptors (Lipinski definition) is 12. The van der Waals surface area contributed by atoms with Gasteiger partial charge >= 0.3 is 17.9 Å². The number of carbonyl (C=O) groups is 3. The SMILES string of the molecule is CCNC(=S)Nc1ccc2[nH]c3c(c2c1)CCN1C[C@H](C[C@@H](C(C)(F)F)C1)C[C@]3(C(=O)OC)c1cc2c(cc1OC)N(C)[C@H]1[C@@](O)(C(=O)OC)[C@H](OC(C)=O)[C@]3(CC)C=CCN4CC[C@]21[C@@H]43. The fraction of sp³-hybridized carbons (Fsp3) is 0.592. The van der Waals surface area contributed by atoms with E-state index in [1.165, 1.54) is 28.3 Å². The number of carbonyl (C=O) groups excluding carboxylic acids is 3. The van der Waals surface area contributed by atoms with Crippen LogP contribution in [0.15, 0.2) is 42.5 Å². The first-order valence-corrected chi connectivity index (χ1v) is 23.5. The summed E-state index contributed by atoms with van der Waals surface area (Å²) in [6, 6.07) is 8.35. The topological polar surface area (TPSA) is 158 Å². The highest BCUT2D eigenvalue weighted by atomic mass is 32.1. The fourth-order valence-corrected chi connectivity index (χ4v) is 14.2. The van der Waals surface area contributed by atoms with Crippen LogP contribution in [0.3, 0.4) is 0 Å². The first-order valence-electron chi connectivity index (χ1n) is 23.1. The van der Waals surface area contributed by atoms with Crippen molar-refractivity contribution in [1.29, 1.82) is 0 Å². The number of anilines is 2. The molecule has 1 unspecified atom stereocenters. The van der Waals surface area contributed by atoms with Gasteiger partial charge in [-0.25, -0.2) is 13.6 Å². The van der Waals surface area contributed by atoms with Crippen molar-refractivity contribution >= 4 is 57.5 Å². The summed E-state index contributed by atoms with van der Waals surface area (Å²) in [7, 11) is 5.93. The van der Waals surface area contributed by atoms with Gasteiger partial charge in [0.25, 0.3) is 0 Å². The van der Waals surface area contributed by atoms with Gasteiger partial charge in [-0.3, -0.25) is 14.5 Å². The van der Waals surface area contributed by atoms with Crippen molar-refractivity contribution in [2.45, 2.75) is 100 Å². The molecule has 1 saturated carbocycles. The molecule has 356 valence electrons. The Hall–Kier alpha value is -4.84. The highest BCUT2D eigenvalue weighted by Gasteiger charge is 2.80. The first-order chi connectivity index (χ1) is 31.4. The van der Waals surface area contributed by atoms with Gasteiger partial charge in [-0.1, -0.05) is 19.1 Å². The molecule has 4 N–H and O–H groups in total. The van der Waals surface area contributed by atoms with Crippen LogP contribution in [0, 0.1) is 17.3 Å². The Morgan fingerprint density at radius 3 is 2.45 bits per heavy atom. The smallest absolute Gasteiger partial charge is 0.344 e. The molecule has 6 heterocycles. The molecule has 3 aromatic rings. The van der Waals surface area contributed by atoms with Crippen LogP contribution in [0.2, 0.25) is 0 Å². The molecule has 9 rings (SSSR count). The van der Waals surface area contributed by atoms with Crippen LogP contribution in [0.5, 0.6) is 5.75 Å². The molecule has 17 heteroatoms. The number of alkyl halides is 2. The number of aromatic amines is 1. The minimum absolute atomic E-state index is 0.109. The molecule has 0 radical (unpaired) electrons. The standard InChI is InChI=1S/C49H62F2N6O8S/c1-9-46-15-11-17-57-19-16-47(39(46)57)33-22-34(37(62-6)23-36(33)55(5)40(47)49(61,43(60)64-8)41(46)65-27(3)58)48(42(59)63-7)24-28-20-29(45(4,50)51)26-56(25-28)18-14-31-32-21-30(53-44(66)52-10-2)12-13-35(32)54-38(31)48/h11-13,15,21-23,28-29,39-41,54,61H,9-10,14,16-20,24-26H2,1-8H3,(H2,52,53,66)/t28-,29-,39+,40-,41-,46-,47-,48+,49+/m1/s1. The van der Waals surface area contributed by atoms with Gasteiger partial charge in [-0.05, 0) is 106 Å². The number of benzene rings is 2. The van der Waals surface area contributed by atoms with Crippen LogP contribution in [0.4, 0.5) is 20.2 Å². The van der Waals surface area contributed by atoms with E-state index in [0.29, 0.717) is 79.8 Å². The van der Waals surface area contributed by atoms with E-state index < -0.39 is 63.7 Å². The number of halogens is 2. The lowest BCUT2D eigenvalue weighted by atomic mass is 9.47. The van der Waals surface area contributed by atoms with Crippen molar-refractivity contribution in [1.82, 2.24) is 20.1 Å². The summed E-state index contributed by atoms with van der Waals surface area (Å²) in [4.78, 5) is 53.1. The average Bonchev–Trinajstić information content (AvgIpc) is 3.94. The molecule has 2 bridgehead atoms. The maximum absolute atomic E-state index is 15.5. The van der Waals surface area contributed by atoms with Crippen LogP contribution in [0.1, 0.15) is 75.8 Å². The quantitative estimate of drug-likeness (QED) is 0.0933. The molecule has 3 fully saturated rings. The van der Waals surface area contributed by atoms with Gasteiger partial charge in [-0.15, -0.1) is 0 Å². The minimum atomic E-state index is -2.97. The Kier molecular flexibility index (Phi) is 11.5. The van der Waals surface area contributed by atoms with Crippen molar-refractivity contribution < 1.29 is 47.2 Å². The number of likely N-dealkylation sites (N-methyl/N-ethyl adjacent to an activating group) is 1. The van der Waals surface area contributed by atoms with E-state index >= 15 is 13.6 Å². The predicted molar refractivity (Wildman–Crippen MR) is 249 cm³/mol. The number of ether oxygens (including phenoxy) is 4. The van der Waals surface area contributed by atoms with E-state index in [1.807, 2.05) is 68.3 Å². The molecule has 1 spiro atoms. The first kappa shape index (κ1) is 46.3. The van der Waals surface area contributed by atoms with Gasteiger partial charge in [0, 0.05) is 109 Å². The van der Waals surface area contributed by atoms with Gasteiger partial charge in [0.1, 0.15) is 11.2 Å². The summed E-state index contributed by atoms with van der Waals surface area (Å²) >= 11 is 5.56. The number of nitrogens with one attached hydrogen (secondary N) is 3. The zero-order valence-corrected chi connectivity index (χ0v) is 39.8. The second-order valence-corrected chi connectivity index (χ2v) is 19.9. The molecule has 0 amide bonds. The second-order valence-electron chi connectivity index (χ2n) is 19.5. The highest BCUT2D eigenvalue weighted by molar-refractivity contribution is 7.80. The van der Waals surface area contributed by atoms with Crippen LogP contribution in [-0.2, 0) is 45.8 Å². The molecule has 2 saturated heterocycles. The summed E-state index contributed by atoms with van der Waals surface area (Å²) in [6.45, 7) is 9.20. The normalized spacial score (nSPS) is 33.3. The summed E-state index contributed by atoms with van der Waals surface area (Å²) in [5, 5.41) is 21.1. The van der Waals surface area contributed by atoms with Crippen LogP contribution in [-0.4, -0.2) is 140 Å². The van der Waals surface area contributed by atoms with Gasteiger partial charge < -0.3 is 49.5 Å². The Balaban J connectivity index is 1.35. The maximum Gasteiger partial charge on any atom is 0.344 e. The number of fused-ring (bicyclic) bond motifs is 6. The maximum atomic E-state index is 15.5. The summed E-state index contributed by atoms with van der Waals surface area (Å²) < 4.78 is 55.0. The molecular formula is C49H62F2N6O8S. The number of piperidine rings is 1. The third kappa shape index (κ3) is 6.52. The van der Waals surface area contributed by atoms with E-state index in [4.69, 9.17) is 31.2 Å². The van der Waals surface area contributed by atoms with Crippen molar-refractivity contribution in [3.8, 4) is 5.75 Å². The van der Waals surface area contributed by atoms with E-state index in [0.717, 1.165) is 34.6 Å². The lowest BCUT2D eigenvalue weighted by Gasteiger charge is -2.63. The number of hydrogen-bond donors (Lipinski definition) is 4. The zero-order valence-electron chi connectivity index (χ0n) is 39.0. The van der Waals surface area contributed by atoms with E-state index in [1.54, 1.807) is 0 Å². The third-order valence-electron chi connectivity index (χ3n) is 16.3. The zero-order chi connectivity index (χ0) is 47.3. The molecule has 14 nitrogen and oxygen atoms in total. The highest BCUT2D eigenvalue weighted by Crippen LogP contribution is 2.68. The molecule has 1 aromatic heterocycles. The Labute approximate surface area is 389 Å². The molecule has 1 aliphatic carbocycles. The largest absolute Gasteiger partial charge is 0.496 e. The van der Waals surface area contributed by atoms with E-state index in [-0.39, 0.29) is 31.3 Å². The minimum Gasteiger partial charge on any atom is -0.496 e. The Morgan fingerprint density at radius 1 is 1.03 bits per heavy atom. The number of esters is 3. The van der Waals surface area contributed by atoms with E-state index in [9.17, 15) is 14.7 Å². The molecule has 5 aliphatic heterocycles. The fourth-order valence-electron chi connectivity index (χ4n) is 13.9. The number of methoxy groups -OCH3 is 3. The molecule has 6 aliphatic rings. The lowest BCUT2D eigenvalue weighted by Crippen LogP contribution is -2.81. The van der Waals surface area contributed by atoms with Crippen LogP contribution in [0.25, 0.3) is 10.9 Å². The molecule has 2 aromatic carbocycles. The Bertz CT molecular complexity index is 2510. The Morgan fingerprint density at radius 2 is 1.79 bits per heavy atom. The third-order valence-corrected chi connectivity index (χ3v) is 16.5. The number of thiocarbonyl (C=S) groups is 1. The number of aliphatic hydroxyl groups is 1. The van der Waals surface area contributed by atoms with E-state index in [2.05, 4.69) is 25.4 Å². The van der Waals surface area contributed by atoms with Crippen molar-refractivity contribution in [3.63, 3.8) is 0 Å². The number of aromatic nitrogens is 1. The van der Waals surface area contributed by atoms with Crippen molar-refractivity contribution in [3.05, 3.63) is 64.9 Å². The van der Waals surface area contributed by atoms with Gasteiger partial charge in [0.05, 0.1) is 27.4 Å². The van der Waals surface area contributed by atoms with Gasteiger partial charge in [0.15, 0.2) is 11.2 Å². The lowest BCUT2D eigenvalue weighted by molar-refractivity contribution is -0.228. The van der Waals surface area contributed by atoms with Gasteiger partial charge in [-0.2, -0.15) is 0 Å². The van der Waals surface area contributed by atoms with Crippen LogP contribution < -0.4 is 20.3 Å². The predicted octanol–water partition coefficient (Wildman–Crippen LogP) is 5.43. The number of nitrogens with zero attached hydrogens (tertiary/aromatic N) is 3. The van der Waals surface area contributed by atoms with Gasteiger partial charge in [0.2, 0.25) is 11.5 Å². The summed E-state index contributed by atoms with van der Waals surface area (Å²) in [6.07, 6.45) is 4.32. The molecule has 10 atom stereocenters. The second kappa shape index (κ2) is 16.4. The number of H-pyrrole nitrogens is 1. The average molecular weight is 933 g/mol. The summed E-state index contributed by atoms with van der Waals surface area (Å²) in [5.41, 5.74) is -1.23. The van der Waals surface area contributed by atoms with Crippen molar-refractivity contribution in [2.75, 3.05) is 77.9 Å². The van der Waals surface area contributed by atoms with Crippen LogP contribution >= 0.6 is 12.2 Å². The monoisotopic (exact) mass is 932 g/mol. The summed E-state index contributed by atoms with van der Waals surface area (Å²) in [5.74, 6) is -6.11. The van der Waals surface area contributed by atoms with Crippen molar-refractivity contribution in [2.24, 2.45) is 17.3 Å². The number of rotatable bonds is 9. The molecular weight excluding hydrogens is 871 g/mol.